The lowest BCUT2D eigenvalue weighted by atomic mass is 10.1. The van der Waals surface area contributed by atoms with Crippen molar-refractivity contribution in [2.45, 2.75) is 50.7 Å². The lowest BCUT2D eigenvalue weighted by molar-refractivity contribution is -0.0467. The van der Waals surface area contributed by atoms with Crippen molar-refractivity contribution in [3.05, 3.63) is 12.7 Å². The number of imidazole rings is 1. The van der Waals surface area contributed by atoms with Crippen molar-refractivity contribution in [1.29, 1.82) is 0 Å². The third kappa shape index (κ3) is 4.56. The Morgan fingerprint density at radius 1 is 1.29 bits per heavy atom. The summed E-state index contributed by atoms with van der Waals surface area (Å²) in [6.07, 6.45) is 1.12. The molecule has 13 heteroatoms. The van der Waals surface area contributed by atoms with Gasteiger partial charge in [0.05, 0.1) is 12.9 Å². The van der Waals surface area contributed by atoms with Crippen LogP contribution in [0, 0.1) is 0 Å². The molecule has 5 N–H and O–H groups in total. The third-order valence-electron chi connectivity index (χ3n) is 4.44. The van der Waals surface area contributed by atoms with Crippen molar-refractivity contribution in [3.8, 4) is 0 Å². The Balaban J connectivity index is 1.78. The zero-order chi connectivity index (χ0) is 20.3. The number of hydrogen-bond donors (Lipinski definition) is 4. The lowest BCUT2D eigenvalue weighted by Gasteiger charge is -2.16. The smallest absolute Gasteiger partial charge is 0.333 e. The molecule has 156 valence electrons. The van der Waals surface area contributed by atoms with Crippen LogP contribution in [0.1, 0.15) is 32.4 Å². The number of fused-ring (bicyclic) bond motifs is 1. The number of unbranched alkanes of at least 4 members (excludes halogenated alkanes) is 2. The topological polar surface area (TPSA) is 175 Å². The predicted molar refractivity (Wildman–Crippen MR) is 98.3 cm³/mol. The molecule has 28 heavy (non-hydrogen) atoms. The van der Waals surface area contributed by atoms with E-state index in [0.717, 1.165) is 25.8 Å². The molecule has 2 aromatic rings. The number of hydrogen-bond acceptors (Lipinski definition) is 10. The molecular formula is C15H24N6O6S. The van der Waals surface area contributed by atoms with Gasteiger partial charge in [-0.05, 0) is 6.42 Å². The molecule has 1 aliphatic rings. The molecule has 0 aromatic carbocycles. The van der Waals surface area contributed by atoms with Crippen molar-refractivity contribution in [2.24, 2.45) is 5.14 Å². The molecule has 0 saturated carbocycles. The molecule has 0 aliphatic carbocycles. The van der Waals surface area contributed by atoms with Crippen molar-refractivity contribution < 1.29 is 27.6 Å². The highest BCUT2D eigenvalue weighted by molar-refractivity contribution is 7.84. The van der Waals surface area contributed by atoms with E-state index in [2.05, 4.69) is 31.4 Å². The first kappa shape index (κ1) is 20.8. The normalized spacial score (nSPS) is 25.4. The fourth-order valence-corrected chi connectivity index (χ4v) is 3.33. The van der Waals surface area contributed by atoms with Crippen molar-refractivity contribution in [3.63, 3.8) is 0 Å². The average Bonchev–Trinajstić information content (AvgIpc) is 3.19. The van der Waals surface area contributed by atoms with Crippen LogP contribution in [-0.2, 0) is 19.2 Å². The maximum Gasteiger partial charge on any atom is 0.333 e. The van der Waals surface area contributed by atoms with Gasteiger partial charge < -0.3 is 20.3 Å². The van der Waals surface area contributed by atoms with Gasteiger partial charge in [-0.2, -0.15) is 8.42 Å². The van der Waals surface area contributed by atoms with E-state index in [4.69, 9.17) is 9.88 Å². The molecule has 0 radical (unpaired) electrons. The molecule has 0 spiro atoms. The van der Waals surface area contributed by atoms with E-state index in [9.17, 15) is 18.6 Å². The molecule has 0 amide bonds. The number of nitrogens with zero attached hydrogens (tertiary/aromatic N) is 4. The highest BCUT2D eigenvalue weighted by atomic mass is 32.2. The Morgan fingerprint density at radius 2 is 2.07 bits per heavy atom. The number of anilines is 1. The Bertz CT molecular complexity index is 906. The van der Waals surface area contributed by atoms with Gasteiger partial charge in [-0.3, -0.25) is 8.75 Å². The summed E-state index contributed by atoms with van der Waals surface area (Å²) in [4.78, 5) is 12.7. The fraction of sp³-hybridized carbons (Fsp3) is 0.667. The van der Waals surface area contributed by atoms with Crippen LogP contribution in [0.15, 0.2) is 12.7 Å². The van der Waals surface area contributed by atoms with E-state index in [1.165, 1.54) is 17.2 Å². The second-order valence-corrected chi connectivity index (χ2v) is 7.73. The van der Waals surface area contributed by atoms with Gasteiger partial charge in [0.15, 0.2) is 23.2 Å². The summed E-state index contributed by atoms with van der Waals surface area (Å²) in [5.74, 6) is 0.557. The minimum Gasteiger partial charge on any atom is -0.387 e. The molecule has 3 rings (SSSR count). The molecule has 4 atom stereocenters. The number of aliphatic hydroxyl groups is 2. The molecule has 3 heterocycles. The van der Waals surface area contributed by atoms with Crippen LogP contribution >= 0.6 is 0 Å². The van der Waals surface area contributed by atoms with E-state index < -0.39 is 41.5 Å². The van der Waals surface area contributed by atoms with E-state index >= 15 is 0 Å². The number of nitrogens with two attached hydrogens (primary N) is 1. The maximum absolute atomic E-state index is 10.9. The summed E-state index contributed by atoms with van der Waals surface area (Å²) in [5, 5.41) is 28.5. The Hall–Kier alpha value is -1.90. The number of ether oxygens (including phenoxy) is 1. The Labute approximate surface area is 162 Å². The first-order valence-electron chi connectivity index (χ1n) is 8.92. The van der Waals surface area contributed by atoms with Crippen LogP contribution in [-0.4, -0.2) is 69.6 Å². The summed E-state index contributed by atoms with van der Waals surface area (Å²) in [7, 11) is -4.20. The first-order valence-corrected chi connectivity index (χ1v) is 10.4. The molecule has 0 bridgehead atoms. The van der Waals surface area contributed by atoms with Crippen LogP contribution in [0.4, 0.5) is 5.82 Å². The van der Waals surface area contributed by atoms with Crippen LogP contribution < -0.4 is 10.5 Å². The van der Waals surface area contributed by atoms with Gasteiger partial charge in [0.1, 0.15) is 24.6 Å². The van der Waals surface area contributed by atoms with Crippen molar-refractivity contribution in [1.82, 2.24) is 19.5 Å². The van der Waals surface area contributed by atoms with E-state index in [1.54, 1.807) is 0 Å². The summed E-state index contributed by atoms with van der Waals surface area (Å²) in [6, 6.07) is 0. The largest absolute Gasteiger partial charge is 0.387 e. The summed E-state index contributed by atoms with van der Waals surface area (Å²) < 4.78 is 33.4. The molecule has 1 aliphatic heterocycles. The van der Waals surface area contributed by atoms with Crippen LogP contribution in [0.25, 0.3) is 11.2 Å². The van der Waals surface area contributed by atoms with Gasteiger partial charge in [0.25, 0.3) is 0 Å². The highest BCUT2D eigenvalue weighted by Gasteiger charge is 2.44. The summed E-state index contributed by atoms with van der Waals surface area (Å²) >= 11 is 0. The number of aromatic nitrogens is 4. The maximum atomic E-state index is 10.9. The first-order chi connectivity index (χ1) is 13.3. The molecule has 2 aromatic heterocycles. The second kappa shape index (κ2) is 8.63. The van der Waals surface area contributed by atoms with Gasteiger partial charge in [-0.15, -0.1) is 0 Å². The van der Waals surface area contributed by atoms with Crippen LogP contribution in [0.3, 0.4) is 0 Å². The second-order valence-electron chi connectivity index (χ2n) is 6.50. The van der Waals surface area contributed by atoms with Gasteiger partial charge in [-0.25, -0.2) is 20.1 Å². The van der Waals surface area contributed by atoms with Gasteiger partial charge in [-0.1, -0.05) is 19.8 Å². The molecule has 1 saturated heterocycles. The van der Waals surface area contributed by atoms with E-state index in [1.807, 2.05) is 0 Å². The Morgan fingerprint density at radius 3 is 2.79 bits per heavy atom. The van der Waals surface area contributed by atoms with Gasteiger partial charge in [0.2, 0.25) is 0 Å². The van der Waals surface area contributed by atoms with Gasteiger partial charge >= 0.3 is 10.3 Å². The summed E-state index contributed by atoms with van der Waals surface area (Å²) in [5.41, 5.74) is 0.894. The van der Waals surface area contributed by atoms with E-state index in [0.29, 0.717) is 17.0 Å². The molecule has 0 unspecified atom stereocenters. The minimum atomic E-state index is -4.20. The minimum absolute atomic E-state index is 0.400. The number of rotatable bonds is 9. The molecular weight excluding hydrogens is 392 g/mol. The lowest BCUT2D eigenvalue weighted by Crippen LogP contribution is -2.35. The average molecular weight is 416 g/mol. The Kier molecular flexibility index (Phi) is 6.42. The third-order valence-corrected chi connectivity index (χ3v) is 4.90. The monoisotopic (exact) mass is 416 g/mol. The summed E-state index contributed by atoms with van der Waals surface area (Å²) in [6.45, 7) is 2.33. The van der Waals surface area contributed by atoms with Gasteiger partial charge in [0, 0.05) is 6.54 Å². The quantitative estimate of drug-likeness (QED) is 0.381. The van der Waals surface area contributed by atoms with Crippen molar-refractivity contribution in [2.75, 3.05) is 18.5 Å². The SMILES string of the molecule is CCCCCNc1ncnc2c1ncn2[C@@H]1O[C@H](COS(N)(=O)=O)[C@@H](O)[C@H]1O. The van der Waals surface area contributed by atoms with Crippen LogP contribution in [0.2, 0.25) is 0 Å². The highest BCUT2D eigenvalue weighted by Crippen LogP contribution is 2.32. The predicted octanol–water partition coefficient (Wildman–Crippen LogP) is -0.732. The number of aliphatic hydroxyl groups excluding tert-OH is 2. The fourth-order valence-electron chi connectivity index (χ4n) is 3.01. The zero-order valence-corrected chi connectivity index (χ0v) is 16.1. The molecule has 1 fully saturated rings. The molecule has 12 nitrogen and oxygen atoms in total. The van der Waals surface area contributed by atoms with Crippen molar-refractivity contribution >= 4 is 27.3 Å². The standard InChI is InChI=1S/C15H24N6O6S/c1-2-3-4-5-17-13-10-14(19-7-18-13)21(8-20-10)15-12(23)11(22)9(27-15)6-26-28(16,24)25/h7-9,11-12,15,22-23H,2-6H2,1H3,(H2,16,24,25)(H,17,18,19)/t9-,11-,12-,15-/m1/s1. The van der Waals surface area contributed by atoms with E-state index in [-0.39, 0.29) is 0 Å². The number of nitrogens with one attached hydrogen (secondary N) is 1. The zero-order valence-electron chi connectivity index (χ0n) is 15.3. The van der Waals surface area contributed by atoms with Crippen LogP contribution in [0.5, 0.6) is 0 Å².